The zero-order chi connectivity index (χ0) is 11.7. The Morgan fingerprint density at radius 3 is 2.06 bits per heavy atom. The molecule has 2 heterocycles. The molecule has 2 aliphatic rings. The van der Waals surface area contributed by atoms with Gasteiger partial charge in [0.1, 0.15) is 0 Å². The zero-order valence-electron chi connectivity index (χ0n) is 10.2. The van der Waals surface area contributed by atoms with Gasteiger partial charge in [-0.1, -0.05) is 17.7 Å². The third-order valence-corrected chi connectivity index (χ3v) is 4.14. The normalized spacial score (nSPS) is 20.3. The third kappa shape index (κ3) is 2.11. The minimum atomic E-state index is 0.913. The molecule has 0 bridgehead atoms. The summed E-state index contributed by atoms with van der Waals surface area (Å²) in [6.07, 6.45) is 5.22. The lowest BCUT2D eigenvalue weighted by atomic mass is 10.2. The minimum Gasteiger partial charge on any atom is -0.370 e. The fourth-order valence-corrected chi connectivity index (χ4v) is 3.26. The van der Waals surface area contributed by atoms with Crippen molar-refractivity contribution in [1.82, 2.24) is 0 Å². The molecular formula is C14H19ClN2. The van der Waals surface area contributed by atoms with Crippen molar-refractivity contribution in [3.05, 3.63) is 23.2 Å². The van der Waals surface area contributed by atoms with E-state index in [0.717, 1.165) is 18.1 Å². The average Bonchev–Trinajstić information content (AvgIpc) is 3.02. The van der Waals surface area contributed by atoms with E-state index in [-0.39, 0.29) is 0 Å². The van der Waals surface area contributed by atoms with Gasteiger partial charge < -0.3 is 9.80 Å². The minimum absolute atomic E-state index is 0.913. The fourth-order valence-electron chi connectivity index (χ4n) is 2.97. The van der Waals surface area contributed by atoms with Gasteiger partial charge in [0.05, 0.1) is 16.4 Å². The highest BCUT2D eigenvalue weighted by molar-refractivity contribution is 6.34. The van der Waals surface area contributed by atoms with Crippen LogP contribution >= 0.6 is 11.6 Å². The summed E-state index contributed by atoms with van der Waals surface area (Å²) in [5.74, 6) is 0. The van der Waals surface area contributed by atoms with E-state index in [1.54, 1.807) is 0 Å². The Labute approximate surface area is 108 Å². The van der Waals surface area contributed by atoms with Crippen LogP contribution in [0.2, 0.25) is 5.02 Å². The average molecular weight is 251 g/mol. The number of nitrogens with zero attached hydrogens (tertiary/aromatic N) is 2. The molecule has 2 nitrogen and oxygen atoms in total. The molecule has 3 heteroatoms. The SMILES string of the molecule is Clc1cccc(N2CCCC2)c1N1CCCC1. The molecule has 0 unspecified atom stereocenters. The number of halogens is 1. The Morgan fingerprint density at radius 1 is 0.824 bits per heavy atom. The molecule has 1 aromatic carbocycles. The van der Waals surface area contributed by atoms with Gasteiger partial charge in [-0.2, -0.15) is 0 Å². The van der Waals surface area contributed by atoms with Crippen molar-refractivity contribution in [3.63, 3.8) is 0 Å². The van der Waals surface area contributed by atoms with Crippen molar-refractivity contribution in [1.29, 1.82) is 0 Å². The van der Waals surface area contributed by atoms with Crippen LogP contribution in [-0.2, 0) is 0 Å². The first kappa shape index (κ1) is 11.2. The smallest absolute Gasteiger partial charge is 0.0793 e. The second-order valence-corrected chi connectivity index (χ2v) is 5.40. The predicted molar refractivity (Wildman–Crippen MR) is 74.3 cm³/mol. The Bertz CT molecular complexity index is 393. The van der Waals surface area contributed by atoms with Gasteiger partial charge in [0.2, 0.25) is 0 Å². The Balaban J connectivity index is 1.98. The topological polar surface area (TPSA) is 6.48 Å². The molecule has 92 valence electrons. The summed E-state index contributed by atoms with van der Waals surface area (Å²) in [4.78, 5) is 4.94. The molecule has 0 atom stereocenters. The van der Waals surface area contributed by atoms with E-state index in [9.17, 15) is 0 Å². The van der Waals surface area contributed by atoms with Crippen molar-refractivity contribution in [2.45, 2.75) is 25.7 Å². The quantitative estimate of drug-likeness (QED) is 0.792. The monoisotopic (exact) mass is 250 g/mol. The first-order valence-corrected chi connectivity index (χ1v) is 7.02. The van der Waals surface area contributed by atoms with E-state index >= 15 is 0 Å². The van der Waals surface area contributed by atoms with E-state index in [2.05, 4.69) is 21.9 Å². The molecule has 0 radical (unpaired) electrons. The summed E-state index contributed by atoms with van der Waals surface area (Å²) in [6, 6.07) is 6.33. The van der Waals surface area contributed by atoms with Crippen LogP contribution in [0.15, 0.2) is 18.2 Å². The molecule has 3 rings (SSSR count). The highest BCUT2D eigenvalue weighted by Crippen LogP contribution is 2.39. The molecule has 0 N–H and O–H groups in total. The molecule has 2 saturated heterocycles. The summed E-state index contributed by atoms with van der Waals surface area (Å²) in [6.45, 7) is 4.68. The molecule has 0 aliphatic carbocycles. The van der Waals surface area contributed by atoms with Crippen LogP contribution in [0.3, 0.4) is 0 Å². The van der Waals surface area contributed by atoms with Gasteiger partial charge in [0.15, 0.2) is 0 Å². The highest BCUT2D eigenvalue weighted by Gasteiger charge is 2.22. The lowest BCUT2D eigenvalue weighted by molar-refractivity contribution is 0.928. The Kier molecular flexibility index (Phi) is 3.15. The third-order valence-electron chi connectivity index (χ3n) is 3.83. The van der Waals surface area contributed by atoms with E-state index in [1.807, 2.05) is 6.07 Å². The second kappa shape index (κ2) is 4.77. The van der Waals surface area contributed by atoms with Gasteiger partial charge in [0, 0.05) is 26.2 Å². The Hall–Kier alpha value is -0.890. The van der Waals surface area contributed by atoms with Crippen LogP contribution in [0.5, 0.6) is 0 Å². The molecule has 17 heavy (non-hydrogen) atoms. The summed E-state index contributed by atoms with van der Waals surface area (Å²) in [7, 11) is 0. The van der Waals surface area contributed by atoms with Crippen molar-refractivity contribution in [2.75, 3.05) is 36.0 Å². The largest absolute Gasteiger partial charge is 0.370 e. The number of hydrogen-bond donors (Lipinski definition) is 0. The van der Waals surface area contributed by atoms with E-state index in [4.69, 9.17) is 11.6 Å². The van der Waals surface area contributed by atoms with Crippen LogP contribution in [0.1, 0.15) is 25.7 Å². The van der Waals surface area contributed by atoms with Crippen molar-refractivity contribution < 1.29 is 0 Å². The van der Waals surface area contributed by atoms with E-state index < -0.39 is 0 Å². The maximum absolute atomic E-state index is 6.42. The Morgan fingerprint density at radius 2 is 1.41 bits per heavy atom. The second-order valence-electron chi connectivity index (χ2n) is 5.00. The lowest BCUT2D eigenvalue weighted by Gasteiger charge is -2.28. The maximum Gasteiger partial charge on any atom is 0.0793 e. The van der Waals surface area contributed by atoms with Crippen LogP contribution in [0.25, 0.3) is 0 Å². The van der Waals surface area contributed by atoms with E-state index in [1.165, 1.54) is 50.1 Å². The molecule has 0 spiro atoms. The van der Waals surface area contributed by atoms with Crippen LogP contribution in [0, 0.1) is 0 Å². The molecule has 0 amide bonds. The van der Waals surface area contributed by atoms with Crippen LogP contribution < -0.4 is 9.80 Å². The summed E-state index contributed by atoms with van der Waals surface area (Å²) >= 11 is 6.42. The van der Waals surface area contributed by atoms with Crippen molar-refractivity contribution >= 4 is 23.0 Å². The van der Waals surface area contributed by atoms with Gasteiger partial charge in [-0.15, -0.1) is 0 Å². The summed E-state index contributed by atoms with van der Waals surface area (Å²) < 4.78 is 0. The molecule has 0 aromatic heterocycles. The molecule has 2 fully saturated rings. The maximum atomic E-state index is 6.42. The van der Waals surface area contributed by atoms with Gasteiger partial charge in [-0.3, -0.25) is 0 Å². The summed E-state index contributed by atoms with van der Waals surface area (Å²) in [5, 5.41) is 0.913. The molecule has 2 aliphatic heterocycles. The van der Waals surface area contributed by atoms with Gasteiger partial charge in [0.25, 0.3) is 0 Å². The van der Waals surface area contributed by atoms with Crippen molar-refractivity contribution in [2.24, 2.45) is 0 Å². The number of hydrogen-bond acceptors (Lipinski definition) is 2. The van der Waals surface area contributed by atoms with Gasteiger partial charge >= 0.3 is 0 Å². The number of anilines is 2. The zero-order valence-corrected chi connectivity index (χ0v) is 10.9. The highest BCUT2D eigenvalue weighted by atomic mass is 35.5. The number of rotatable bonds is 2. The summed E-state index contributed by atoms with van der Waals surface area (Å²) in [5.41, 5.74) is 2.62. The lowest BCUT2D eigenvalue weighted by Crippen LogP contribution is -2.24. The first-order valence-electron chi connectivity index (χ1n) is 6.65. The molecular weight excluding hydrogens is 232 g/mol. The predicted octanol–water partition coefficient (Wildman–Crippen LogP) is 3.54. The van der Waals surface area contributed by atoms with E-state index in [0.29, 0.717) is 0 Å². The van der Waals surface area contributed by atoms with Crippen LogP contribution in [-0.4, -0.2) is 26.2 Å². The standard InChI is InChI=1S/C14H19ClN2/c15-12-6-5-7-13(16-8-1-2-9-16)14(12)17-10-3-4-11-17/h5-7H,1-4,8-11H2. The fraction of sp³-hybridized carbons (Fsp3) is 0.571. The number of para-hydroxylation sites is 1. The van der Waals surface area contributed by atoms with Gasteiger partial charge in [-0.25, -0.2) is 0 Å². The van der Waals surface area contributed by atoms with Gasteiger partial charge in [-0.05, 0) is 37.8 Å². The first-order chi connectivity index (χ1) is 8.36. The number of benzene rings is 1. The molecule has 0 saturated carbocycles. The van der Waals surface area contributed by atoms with Crippen molar-refractivity contribution in [3.8, 4) is 0 Å². The molecule has 1 aromatic rings. The van der Waals surface area contributed by atoms with Crippen LogP contribution in [0.4, 0.5) is 11.4 Å².